The molecule has 1 aromatic heterocycles. The minimum absolute atomic E-state index is 0.278. The van der Waals surface area contributed by atoms with E-state index in [2.05, 4.69) is 0 Å². The Labute approximate surface area is 186 Å². The standard InChI is InChI=1S/C23H17ClO6S/c1-2-27-16-7-3-14(4-8-16)19-11-18(12-20-22(19)30-23(26)31-20)29-21(25)13-28-17-9-5-15(24)6-10-17/h3-12H,2,13H2,1H3. The number of carbonyl (C=O) groups excluding carboxylic acids is 1. The summed E-state index contributed by atoms with van der Waals surface area (Å²) in [6.07, 6.45) is 0. The Morgan fingerprint density at radius 3 is 2.35 bits per heavy atom. The van der Waals surface area contributed by atoms with E-state index in [0.717, 1.165) is 22.6 Å². The second kappa shape index (κ2) is 9.24. The van der Waals surface area contributed by atoms with Crippen molar-refractivity contribution in [1.82, 2.24) is 0 Å². The van der Waals surface area contributed by atoms with E-state index >= 15 is 0 Å². The summed E-state index contributed by atoms with van der Waals surface area (Å²) in [6, 6.07) is 17.3. The van der Waals surface area contributed by atoms with Gasteiger partial charge in [-0.2, -0.15) is 0 Å². The van der Waals surface area contributed by atoms with Crippen LogP contribution in [0, 0.1) is 0 Å². The molecule has 1 heterocycles. The molecule has 6 nitrogen and oxygen atoms in total. The zero-order chi connectivity index (χ0) is 21.8. The molecular formula is C23H17ClO6S. The van der Waals surface area contributed by atoms with Crippen molar-refractivity contribution in [3.8, 4) is 28.4 Å². The van der Waals surface area contributed by atoms with Gasteiger partial charge in [-0.15, -0.1) is 0 Å². The lowest BCUT2D eigenvalue weighted by molar-refractivity contribution is -0.136. The molecular weight excluding hydrogens is 440 g/mol. The van der Waals surface area contributed by atoms with Gasteiger partial charge in [0.25, 0.3) is 0 Å². The smallest absolute Gasteiger partial charge is 0.396 e. The van der Waals surface area contributed by atoms with Crippen molar-refractivity contribution < 1.29 is 23.4 Å². The molecule has 4 aromatic rings. The van der Waals surface area contributed by atoms with Crippen LogP contribution in [-0.4, -0.2) is 19.2 Å². The molecule has 0 spiro atoms. The van der Waals surface area contributed by atoms with E-state index in [1.165, 1.54) is 0 Å². The first-order chi connectivity index (χ1) is 15.0. The van der Waals surface area contributed by atoms with Gasteiger partial charge in [-0.25, -0.2) is 9.59 Å². The maximum Gasteiger partial charge on any atom is 0.396 e. The van der Waals surface area contributed by atoms with E-state index in [9.17, 15) is 9.59 Å². The number of hydrogen-bond donors (Lipinski definition) is 0. The van der Waals surface area contributed by atoms with E-state index in [-0.39, 0.29) is 12.4 Å². The van der Waals surface area contributed by atoms with E-state index in [4.69, 9.17) is 30.2 Å². The number of halogens is 1. The van der Waals surface area contributed by atoms with Crippen molar-refractivity contribution in [2.24, 2.45) is 0 Å². The number of rotatable bonds is 7. The average Bonchev–Trinajstić information content (AvgIpc) is 3.14. The van der Waals surface area contributed by atoms with Gasteiger partial charge in [-0.3, -0.25) is 0 Å². The molecule has 3 aromatic carbocycles. The molecule has 8 heteroatoms. The predicted octanol–water partition coefficient (Wildman–Crippen LogP) is 5.56. The van der Waals surface area contributed by atoms with Crippen LogP contribution in [-0.2, 0) is 4.79 Å². The highest BCUT2D eigenvalue weighted by Gasteiger charge is 2.15. The maximum absolute atomic E-state index is 12.3. The molecule has 0 aliphatic carbocycles. The van der Waals surface area contributed by atoms with Crippen LogP contribution in [0.25, 0.3) is 21.4 Å². The van der Waals surface area contributed by atoms with Gasteiger partial charge in [0.05, 0.1) is 11.3 Å². The highest BCUT2D eigenvalue weighted by atomic mass is 35.5. The monoisotopic (exact) mass is 456 g/mol. The highest BCUT2D eigenvalue weighted by Crippen LogP contribution is 2.35. The maximum atomic E-state index is 12.3. The van der Waals surface area contributed by atoms with Crippen molar-refractivity contribution >= 4 is 39.2 Å². The fourth-order valence-electron chi connectivity index (χ4n) is 2.96. The van der Waals surface area contributed by atoms with Gasteiger partial charge in [0, 0.05) is 16.7 Å². The Kier molecular flexibility index (Phi) is 6.25. The average molecular weight is 457 g/mol. The molecule has 0 atom stereocenters. The molecule has 0 radical (unpaired) electrons. The lowest BCUT2D eigenvalue weighted by Crippen LogP contribution is -2.17. The summed E-state index contributed by atoms with van der Waals surface area (Å²) in [5, 5.41) is 0.573. The fraction of sp³-hybridized carbons (Fsp3) is 0.130. The van der Waals surface area contributed by atoms with E-state index < -0.39 is 10.9 Å². The van der Waals surface area contributed by atoms with Crippen molar-refractivity contribution in [2.45, 2.75) is 6.92 Å². The number of carbonyl (C=O) groups is 1. The van der Waals surface area contributed by atoms with Crippen LogP contribution < -0.4 is 19.1 Å². The minimum atomic E-state index is -0.581. The second-order valence-corrected chi connectivity index (χ2v) is 7.84. The zero-order valence-electron chi connectivity index (χ0n) is 16.4. The predicted molar refractivity (Wildman–Crippen MR) is 120 cm³/mol. The number of hydrogen-bond acceptors (Lipinski definition) is 7. The molecule has 4 rings (SSSR count). The van der Waals surface area contributed by atoms with Gasteiger partial charge in [0.1, 0.15) is 17.2 Å². The van der Waals surface area contributed by atoms with Crippen LogP contribution in [0.5, 0.6) is 17.2 Å². The SMILES string of the molecule is CCOc1ccc(-c2cc(OC(=O)COc3ccc(Cl)cc3)cc3sc(=O)oc23)cc1. The summed E-state index contributed by atoms with van der Waals surface area (Å²) in [5.74, 6) is 0.942. The fourth-order valence-corrected chi connectivity index (χ4v) is 3.81. The Hall–Kier alpha value is -3.29. The quantitative estimate of drug-likeness (QED) is 0.268. The normalized spacial score (nSPS) is 10.8. The minimum Gasteiger partial charge on any atom is -0.494 e. The van der Waals surface area contributed by atoms with Crippen LogP contribution in [0.3, 0.4) is 0 Å². The summed E-state index contributed by atoms with van der Waals surface area (Å²) in [6.45, 7) is 2.19. The topological polar surface area (TPSA) is 75.0 Å². The third-order valence-corrected chi connectivity index (χ3v) is 5.31. The van der Waals surface area contributed by atoms with Crippen LogP contribution in [0.2, 0.25) is 5.02 Å². The van der Waals surface area contributed by atoms with Crippen molar-refractivity contribution in [1.29, 1.82) is 0 Å². The zero-order valence-corrected chi connectivity index (χ0v) is 18.0. The second-order valence-electron chi connectivity index (χ2n) is 6.43. The van der Waals surface area contributed by atoms with E-state index in [1.807, 2.05) is 31.2 Å². The third kappa shape index (κ3) is 5.07. The summed E-state index contributed by atoms with van der Waals surface area (Å²) < 4.78 is 22.3. The largest absolute Gasteiger partial charge is 0.494 e. The van der Waals surface area contributed by atoms with Crippen molar-refractivity contribution in [3.63, 3.8) is 0 Å². The molecule has 158 valence electrons. The summed E-state index contributed by atoms with van der Waals surface area (Å²) in [5.41, 5.74) is 1.88. The molecule has 0 amide bonds. The van der Waals surface area contributed by atoms with Gasteiger partial charge >= 0.3 is 10.9 Å². The van der Waals surface area contributed by atoms with Crippen LogP contribution in [0.15, 0.2) is 69.9 Å². The molecule has 31 heavy (non-hydrogen) atoms. The number of fused-ring (bicyclic) bond motifs is 1. The highest BCUT2D eigenvalue weighted by molar-refractivity contribution is 7.16. The molecule has 0 unspecified atom stereocenters. The first-order valence-corrected chi connectivity index (χ1v) is 10.6. The molecule has 0 N–H and O–H groups in total. The van der Waals surface area contributed by atoms with Crippen LogP contribution in [0.4, 0.5) is 0 Å². The van der Waals surface area contributed by atoms with Crippen LogP contribution in [0.1, 0.15) is 6.92 Å². The Bertz CT molecular complexity index is 1260. The third-order valence-electron chi connectivity index (χ3n) is 4.29. The molecule has 0 saturated carbocycles. The Balaban J connectivity index is 1.57. The van der Waals surface area contributed by atoms with Gasteiger partial charge in [0.15, 0.2) is 12.2 Å². The molecule has 0 bridgehead atoms. The summed E-state index contributed by atoms with van der Waals surface area (Å²) >= 11 is 6.78. The molecule has 0 saturated heterocycles. The Morgan fingerprint density at radius 1 is 0.968 bits per heavy atom. The first-order valence-electron chi connectivity index (χ1n) is 9.42. The summed E-state index contributed by atoms with van der Waals surface area (Å²) in [4.78, 5) is 23.7. The number of benzene rings is 3. The first kappa shape index (κ1) is 21.0. The molecule has 0 fully saturated rings. The summed E-state index contributed by atoms with van der Waals surface area (Å²) in [7, 11) is 0. The number of ether oxygens (including phenoxy) is 3. The lowest BCUT2D eigenvalue weighted by atomic mass is 10.0. The van der Waals surface area contributed by atoms with Gasteiger partial charge in [-0.1, -0.05) is 35.1 Å². The van der Waals surface area contributed by atoms with E-state index in [0.29, 0.717) is 33.2 Å². The lowest BCUT2D eigenvalue weighted by Gasteiger charge is -2.10. The molecule has 0 aliphatic rings. The van der Waals surface area contributed by atoms with E-state index in [1.54, 1.807) is 36.4 Å². The van der Waals surface area contributed by atoms with Gasteiger partial charge < -0.3 is 18.6 Å². The number of esters is 1. The molecule has 0 aliphatic heterocycles. The van der Waals surface area contributed by atoms with Crippen molar-refractivity contribution in [3.05, 3.63) is 75.4 Å². The van der Waals surface area contributed by atoms with Crippen LogP contribution >= 0.6 is 22.9 Å². The Morgan fingerprint density at radius 2 is 1.65 bits per heavy atom. The van der Waals surface area contributed by atoms with Gasteiger partial charge in [0.2, 0.25) is 0 Å². The van der Waals surface area contributed by atoms with Gasteiger partial charge in [-0.05, 0) is 55.0 Å². The van der Waals surface area contributed by atoms with Crippen molar-refractivity contribution in [2.75, 3.05) is 13.2 Å².